The van der Waals surface area contributed by atoms with Crippen LogP contribution in [0.3, 0.4) is 0 Å². The molecular formula is C7H11NO10S4. The number of hydrogen-bond donors (Lipinski definition) is 3. The normalized spacial score (nSPS) is 21.9. The van der Waals surface area contributed by atoms with Crippen molar-refractivity contribution in [1.29, 1.82) is 0 Å². The van der Waals surface area contributed by atoms with Gasteiger partial charge in [-0.05, 0) is 8.96 Å². The maximum absolute atomic E-state index is 11.9. The van der Waals surface area contributed by atoms with E-state index in [1.165, 1.54) is 6.92 Å². The molecule has 0 bridgehead atoms. The summed E-state index contributed by atoms with van der Waals surface area (Å²) in [5, 5.41) is -1.74. The molecule has 0 aromatic rings. The number of hydroxylamine groups is 2. The average Bonchev–Trinajstić information content (AvgIpc) is 2.61. The number of carbonyl (C=O) groups is 3. The van der Waals surface area contributed by atoms with Gasteiger partial charge in [0.05, 0.1) is 16.2 Å². The fraction of sp³-hybridized carbons (Fsp3) is 0.571. The Morgan fingerprint density at radius 2 is 1.91 bits per heavy atom. The van der Waals surface area contributed by atoms with Gasteiger partial charge in [0.2, 0.25) is 0 Å². The van der Waals surface area contributed by atoms with Crippen LogP contribution in [0.2, 0.25) is 0 Å². The first-order valence-corrected chi connectivity index (χ1v) is 12.2. The van der Waals surface area contributed by atoms with Crippen molar-refractivity contribution in [2.24, 2.45) is 0 Å². The number of imide groups is 1. The second-order valence-corrected chi connectivity index (χ2v) is 14.4. The number of carbonyl (C=O) groups excluding carboxylic acids is 3. The summed E-state index contributed by atoms with van der Waals surface area (Å²) in [6.07, 6.45) is -0.960. The third kappa shape index (κ3) is 4.82. The molecule has 0 aromatic carbocycles. The zero-order chi connectivity index (χ0) is 17.3. The van der Waals surface area contributed by atoms with E-state index in [-0.39, 0.29) is 11.5 Å². The van der Waals surface area contributed by atoms with Crippen molar-refractivity contribution in [3.05, 3.63) is 0 Å². The maximum Gasteiger partial charge on any atom is 0.332 e. The third-order valence-electron chi connectivity index (χ3n) is 2.21. The van der Waals surface area contributed by atoms with Crippen LogP contribution in [0.1, 0.15) is 19.8 Å². The van der Waals surface area contributed by atoms with Gasteiger partial charge < -0.3 is 4.84 Å². The molecule has 0 radical (unpaired) electrons. The van der Waals surface area contributed by atoms with Crippen molar-refractivity contribution in [2.45, 2.75) is 25.0 Å². The Morgan fingerprint density at radius 3 is 2.32 bits per heavy atom. The molecule has 0 saturated carbocycles. The summed E-state index contributed by atoms with van der Waals surface area (Å²) in [5.41, 5.74) is 0. The van der Waals surface area contributed by atoms with E-state index in [1.807, 2.05) is 0 Å². The second-order valence-electron chi connectivity index (χ2n) is 3.80. The van der Waals surface area contributed by atoms with Crippen LogP contribution in [0.15, 0.2) is 0 Å². The van der Waals surface area contributed by atoms with Crippen molar-refractivity contribution in [3.8, 4) is 0 Å². The minimum absolute atomic E-state index is 0.0293. The van der Waals surface area contributed by atoms with E-state index in [0.29, 0.717) is 0 Å². The van der Waals surface area contributed by atoms with Crippen LogP contribution in [0.25, 0.3) is 0 Å². The monoisotopic (exact) mass is 397 g/mol. The van der Waals surface area contributed by atoms with Crippen LogP contribution in [-0.4, -0.2) is 54.0 Å². The number of thiol groups is 1. The summed E-state index contributed by atoms with van der Waals surface area (Å²) in [6, 6.07) is 0. The average molecular weight is 397 g/mol. The van der Waals surface area contributed by atoms with Gasteiger partial charge in [-0.3, -0.25) is 18.7 Å². The molecule has 0 spiro atoms. The molecule has 1 rings (SSSR count). The minimum Gasteiger partial charge on any atom is -0.330 e. The van der Waals surface area contributed by atoms with Crippen molar-refractivity contribution in [2.75, 3.05) is 0 Å². The highest BCUT2D eigenvalue weighted by Gasteiger charge is 2.49. The van der Waals surface area contributed by atoms with Crippen LogP contribution >= 0.6 is 18.8 Å². The summed E-state index contributed by atoms with van der Waals surface area (Å²) < 4.78 is 61.8. The first-order chi connectivity index (χ1) is 9.86. The van der Waals surface area contributed by atoms with Gasteiger partial charge in [0, 0.05) is 6.42 Å². The van der Waals surface area contributed by atoms with Crippen LogP contribution < -0.4 is 0 Å². The molecule has 22 heavy (non-hydrogen) atoms. The Labute approximate surface area is 130 Å². The largest absolute Gasteiger partial charge is 0.332 e. The molecular weight excluding hydrogens is 386 g/mol. The van der Waals surface area contributed by atoms with Gasteiger partial charge in [-0.1, -0.05) is 6.92 Å². The standard InChI is InChI=1S/C7H11NO10S4/c1-2-6(10)18-8-5(9)3-4(7(8)11)20(22(15,16)17)19-21(12,13)14/h4,20H,2-3H2,1H3,(H,12,13,14)(H,15,16,17). The molecule has 1 saturated heterocycles. The van der Waals surface area contributed by atoms with Gasteiger partial charge in [0.25, 0.3) is 11.8 Å². The van der Waals surface area contributed by atoms with Crippen LogP contribution in [0, 0.1) is 0 Å². The Kier molecular flexibility index (Phi) is 5.85. The first-order valence-electron chi connectivity index (χ1n) is 5.38. The van der Waals surface area contributed by atoms with Crippen molar-refractivity contribution in [3.63, 3.8) is 0 Å². The molecule has 15 heteroatoms. The molecule has 2 N–H and O–H groups in total. The Hall–Kier alpha value is -0.870. The predicted molar refractivity (Wildman–Crippen MR) is 76.3 cm³/mol. The van der Waals surface area contributed by atoms with Gasteiger partial charge in [-0.2, -0.15) is 16.8 Å². The predicted octanol–water partition coefficient (Wildman–Crippen LogP) is -0.763. The molecule has 2 amide bonds. The lowest BCUT2D eigenvalue weighted by Gasteiger charge is -2.20. The van der Waals surface area contributed by atoms with Gasteiger partial charge >= 0.3 is 24.3 Å². The highest BCUT2D eigenvalue weighted by molar-refractivity contribution is 9.28. The van der Waals surface area contributed by atoms with Crippen LogP contribution in [0.4, 0.5) is 0 Å². The zero-order valence-electron chi connectivity index (χ0n) is 10.8. The first kappa shape index (κ1) is 19.2. The van der Waals surface area contributed by atoms with E-state index in [4.69, 9.17) is 9.11 Å². The Balaban J connectivity index is 3.11. The lowest BCUT2D eigenvalue weighted by molar-refractivity contribution is -0.197. The molecule has 2 atom stereocenters. The second kappa shape index (κ2) is 6.71. The molecule has 0 aliphatic carbocycles. The Bertz CT molecular complexity index is 697. The highest BCUT2D eigenvalue weighted by Crippen LogP contribution is 2.55. The molecule has 1 fully saturated rings. The lowest BCUT2D eigenvalue weighted by Crippen LogP contribution is -2.34. The fourth-order valence-electron chi connectivity index (χ4n) is 1.36. The van der Waals surface area contributed by atoms with E-state index in [0.717, 1.165) is 0 Å². The number of amides is 2. The van der Waals surface area contributed by atoms with E-state index in [9.17, 15) is 31.2 Å². The summed E-state index contributed by atoms with van der Waals surface area (Å²) in [4.78, 5) is 39.0. The third-order valence-corrected chi connectivity index (χ3v) is 14.2. The smallest absolute Gasteiger partial charge is 0.330 e. The van der Waals surface area contributed by atoms with Gasteiger partial charge in [-0.25, -0.2) is 4.79 Å². The van der Waals surface area contributed by atoms with Crippen molar-refractivity contribution >= 4 is 54.9 Å². The quantitative estimate of drug-likeness (QED) is 0.222. The van der Waals surface area contributed by atoms with Gasteiger partial charge in [0.1, 0.15) is 5.25 Å². The van der Waals surface area contributed by atoms with E-state index < -0.39 is 66.5 Å². The zero-order valence-corrected chi connectivity index (χ0v) is 14.1. The van der Waals surface area contributed by atoms with Gasteiger partial charge in [0.15, 0.2) is 0 Å². The number of rotatable bonds is 6. The highest BCUT2D eigenvalue weighted by atomic mass is 33.7. The number of nitrogens with zero attached hydrogens (tertiary/aromatic N) is 1. The summed E-state index contributed by atoms with van der Waals surface area (Å²) in [5.74, 6) is -3.29. The SMILES string of the molecule is CCC(=O)ON1C(=O)CC([SH](SS(=O)(=O)O)S(=O)(=O)O)C1=O. The molecule has 1 aliphatic rings. The summed E-state index contributed by atoms with van der Waals surface area (Å²) in [6.45, 7) is 1.38. The maximum atomic E-state index is 11.9. The van der Waals surface area contributed by atoms with E-state index in [2.05, 4.69) is 4.84 Å². The molecule has 2 unspecified atom stereocenters. The van der Waals surface area contributed by atoms with Crippen LogP contribution in [-0.2, 0) is 37.5 Å². The molecule has 0 aromatic heterocycles. The molecule has 1 heterocycles. The molecule has 11 nitrogen and oxygen atoms in total. The minimum atomic E-state index is -5.05. The summed E-state index contributed by atoms with van der Waals surface area (Å²) in [7, 11) is -13.6. The van der Waals surface area contributed by atoms with Gasteiger partial charge in [-0.15, -0.1) is 5.06 Å². The van der Waals surface area contributed by atoms with E-state index >= 15 is 0 Å². The Morgan fingerprint density at radius 1 is 1.36 bits per heavy atom. The fourth-order valence-corrected chi connectivity index (χ4v) is 13.1. The van der Waals surface area contributed by atoms with Crippen molar-refractivity contribution in [1.82, 2.24) is 5.06 Å². The topological polar surface area (TPSA) is 172 Å². The summed E-state index contributed by atoms with van der Waals surface area (Å²) >= 11 is 0. The van der Waals surface area contributed by atoms with Crippen molar-refractivity contribution < 1.29 is 45.2 Å². The van der Waals surface area contributed by atoms with Crippen LogP contribution in [0.5, 0.6) is 0 Å². The molecule has 1 aliphatic heterocycles. The van der Waals surface area contributed by atoms with E-state index in [1.54, 1.807) is 0 Å². The number of hydrogen-bond acceptors (Lipinski definition) is 9. The lowest BCUT2D eigenvalue weighted by atomic mass is 10.4. The molecule has 128 valence electrons.